The van der Waals surface area contributed by atoms with Gasteiger partial charge >= 0.3 is 0 Å². The van der Waals surface area contributed by atoms with E-state index in [1.807, 2.05) is 39.1 Å². The van der Waals surface area contributed by atoms with Crippen molar-refractivity contribution in [3.63, 3.8) is 0 Å². The van der Waals surface area contributed by atoms with Crippen molar-refractivity contribution in [1.82, 2.24) is 20.6 Å². The first-order chi connectivity index (χ1) is 15.7. The molecule has 1 amide bonds. The molecule has 0 unspecified atom stereocenters. The van der Waals surface area contributed by atoms with Gasteiger partial charge in [0.1, 0.15) is 15.5 Å². The first kappa shape index (κ1) is 22.1. The Bertz CT molecular complexity index is 1220. The van der Waals surface area contributed by atoms with Crippen LogP contribution in [0.5, 0.6) is 0 Å². The molecule has 4 heterocycles. The molecule has 3 atom stereocenters. The molecule has 1 fully saturated rings. The van der Waals surface area contributed by atoms with Crippen LogP contribution in [-0.4, -0.2) is 58.8 Å². The summed E-state index contributed by atoms with van der Waals surface area (Å²) >= 11 is 1.35. The van der Waals surface area contributed by atoms with Gasteiger partial charge in [0.15, 0.2) is 0 Å². The van der Waals surface area contributed by atoms with Gasteiger partial charge in [-0.15, -0.1) is 11.3 Å². The van der Waals surface area contributed by atoms with E-state index in [4.69, 9.17) is 10.7 Å². The van der Waals surface area contributed by atoms with Gasteiger partial charge in [-0.25, -0.2) is 9.97 Å². The van der Waals surface area contributed by atoms with Gasteiger partial charge in [-0.05, 0) is 63.9 Å². The number of nitrogen functional groups attached to an aromatic ring is 1. The van der Waals surface area contributed by atoms with Gasteiger partial charge in [-0.1, -0.05) is 6.07 Å². The Morgan fingerprint density at radius 1 is 1.30 bits per heavy atom. The topological polar surface area (TPSA) is 116 Å². The molecule has 5 rings (SSSR count). The standard InChI is InChI=1S/C24H30N6O2S/c1-13-4-7-16-20(25)21(33-23(16)27-13)22(31)28-15-6-8-17-14(10-15)5-9-19(29-17)30-11-18(26-3)24(2,32)12-30/h4-5,7,9,15,18,26,32H,6,8,10-12,25H2,1-3H3,(H,28,31)/t15-,18-,24+/m0/s1. The number of β-amino-alcohol motifs (C(OH)–C–C–N with tert-alkyl or cyclic N) is 1. The van der Waals surface area contributed by atoms with Crippen LogP contribution >= 0.6 is 11.3 Å². The van der Waals surface area contributed by atoms with Crippen LogP contribution in [0.4, 0.5) is 11.5 Å². The quantitative estimate of drug-likeness (QED) is 0.465. The molecule has 1 saturated heterocycles. The van der Waals surface area contributed by atoms with Crippen LogP contribution in [0.15, 0.2) is 24.3 Å². The number of nitrogens with one attached hydrogen (secondary N) is 2. The van der Waals surface area contributed by atoms with E-state index < -0.39 is 5.60 Å². The highest BCUT2D eigenvalue weighted by molar-refractivity contribution is 7.21. The fraction of sp³-hybridized carbons (Fsp3) is 0.458. The van der Waals surface area contributed by atoms with E-state index in [9.17, 15) is 9.90 Å². The van der Waals surface area contributed by atoms with Gasteiger partial charge in [-0.2, -0.15) is 0 Å². The lowest BCUT2D eigenvalue weighted by atomic mass is 9.91. The number of nitrogens with zero attached hydrogens (tertiary/aromatic N) is 3. The van der Waals surface area contributed by atoms with Crippen molar-refractivity contribution < 1.29 is 9.90 Å². The summed E-state index contributed by atoms with van der Waals surface area (Å²) in [7, 11) is 1.88. The summed E-state index contributed by atoms with van der Waals surface area (Å²) in [6.45, 7) is 5.06. The van der Waals surface area contributed by atoms with E-state index in [1.165, 1.54) is 11.3 Å². The number of rotatable bonds is 4. The third kappa shape index (κ3) is 4.05. The van der Waals surface area contributed by atoms with Crippen LogP contribution in [0, 0.1) is 6.92 Å². The summed E-state index contributed by atoms with van der Waals surface area (Å²) in [5.41, 5.74) is 9.12. The molecule has 174 valence electrons. The molecule has 2 aliphatic rings. The maximum Gasteiger partial charge on any atom is 0.263 e. The van der Waals surface area contributed by atoms with Crippen LogP contribution in [0.3, 0.4) is 0 Å². The SMILES string of the molecule is CN[C@H]1CN(c2ccc3c(n2)CC[C@H](NC(=O)c2sc4nc(C)ccc4c2N)C3)C[C@@]1(C)O. The summed E-state index contributed by atoms with van der Waals surface area (Å²) in [5.74, 6) is 0.763. The van der Waals surface area contributed by atoms with Crippen LogP contribution in [0.2, 0.25) is 0 Å². The highest BCUT2D eigenvalue weighted by Gasteiger charge is 2.41. The number of fused-ring (bicyclic) bond motifs is 2. The number of amides is 1. The Hall–Kier alpha value is -2.75. The zero-order chi connectivity index (χ0) is 23.3. The zero-order valence-corrected chi connectivity index (χ0v) is 20.0. The lowest BCUT2D eigenvalue weighted by Gasteiger charge is -2.27. The van der Waals surface area contributed by atoms with Gasteiger partial charge in [0.2, 0.25) is 0 Å². The average molecular weight is 467 g/mol. The van der Waals surface area contributed by atoms with Crippen molar-refractivity contribution >= 4 is 39.0 Å². The molecule has 1 aliphatic carbocycles. The second kappa shape index (κ2) is 8.23. The fourth-order valence-electron chi connectivity index (χ4n) is 4.96. The highest BCUT2D eigenvalue weighted by Crippen LogP contribution is 2.33. The zero-order valence-electron chi connectivity index (χ0n) is 19.2. The molecule has 5 N–H and O–H groups in total. The number of aromatic nitrogens is 2. The molecule has 9 heteroatoms. The van der Waals surface area contributed by atoms with Crippen LogP contribution in [-0.2, 0) is 12.8 Å². The van der Waals surface area contributed by atoms with Crippen LogP contribution < -0.4 is 21.3 Å². The maximum atomic E-state index is 13.0. The summed E-state index contributed by atoms with van der Waals surface area (Å²) < 4.78 is 0. The fourth-order valence-corrected chi connectivity index (χ4v) is 6.01. The van der Waals surface area contributed by atoms with Crippen molar-refractivity contribution in [2.45, 2.75) is 50.8 Å². The van der Waals surface area contributed by atoms with E-state index in [0.29, 0.717) is 17.1 Å². The van der Waals surface area contributed by atoms with Crippen molar-refractivity contribution in [2.75, 3.05) is 30.8 Å². The number of hydrogen-bond acceptors (Lipinski definition) is 8. The first-order valence-electron chi connectivity index (χ1n) is 11.3. The number of carbonyl (C=O) groups excluding carboxylic acids is 1. The predicted octanol–water partition coefficient (Wildman–Crippen LogP) is 2.03. The average Bonchev–Trinajstić information content (AvgIpc) is 3.28. The second-order valence-electron chi connectivity index (χ2n) is 9.42. The Morgan fingerprint density at radius 2 is 2.12 bits per heavy atom. The van der Waals surface area contributed by atoms with Crippen molar-refractivity contribution in [2.24, 2.45) is 0 Å². The van der Waals surface area contributed by atoms with E-state index in [0.717, 1.165) is 58.8 Å². The third-order valence-corrected chi connectivity index (χ3v) is 7.98. The van der Waals surface area contributed by atoms with Crippen molar-refractivity contribution in [3.8, 4) is 0 Å². The number of hydrogen-bond donors (Lipinski definition) is 4. The number of nitrogens with two attached hydrogens (primary N) is 1. The molecular formula is C24H30N6O2S. The molecule has 3 aromatic heterocycles. The number of thiophene rings is 1. The Kier molecular flexibility index (Phi) is 5.50. The van der Waals surface area contributed by atoms with Crippen molar-refractivity contribution in [1.29, 1.82) is 0 Å². The smallest absolute Gasteiger partial charge is 0.263 e. The normalized spacial score (nSPS) is 24.8. The summed E-state index contributed by atoms with van der Waals surface area (Å²) in [4.78, 5) is 25.9. The minimum Gasteiger partial charge on any atom is -0.397 e. The number of aryl methyl sites for hydroxylation is 2. The molecule has 0 bridgehead atoms. The summed E-state index contributed by atoms with van der Waals surface area (Å²) in [6, 6.07) is 8.02. The van der Waals surface area contributed by atoms with Gasteiger partial charge in [0, 0.05) is 35.9 Å². The molecule has 0 saturated carbocycles. The van der Waals surface area contributed by atoms with E-state index in [2.05, 4.69) is 26.6 Å². The lowest BCUT2D eigenvalue weighted by molar-refractivity contribution is 0.0574. The molecule has 3 aromatic rings. The maximum absolute atomic E-state index is 13.0. The van der Waals surface area contributed by atoms with Crippen LogP contribution in [0.1, 0.15) is 40.0 Å². The number of anilines is 2. The largest absolute Gasteiger partial charge is 0.397 e. The van der Waals surface area contributed by atoms with E-state index in [1.54, 1.807) is 0 Å². The monoisotopic (exact) mass is 466 g/mol. The third-order valence-electron chi connectivity index (χ3n) is 6.86. The van der Waals surface area contributed by atoms with E-state index >= 15 is 0 Å². The van der Waals surface area contributed by atoms with Gasteiger partial charge in [0.25, 0.3) is 5.91 Å². The molecule has 8 nitrogen and oxygen atoms in total. The number of aliphatic hydroxyl groups is 1. The molecule has 33 heavy (non-hydrogen) atoms. The number of pyridine rings is 2. The Balaban J connectivity index is 1.28. The molecular weight excluding hydrogens is 436 g/mol. The van der Waals surface area contributed by atoms with Gasteiger partial charge < -0.3 is 26.4 Å². The Morgan fingerprint density at radius 3 is 2.88 bits per heavy atom. The van der Waals surface area contributed by atoms with Gasteiger partial charge in [-0.3, -0.25) is 4.79 Å². The molecule has 0 aromatic carbocycles. The number of carbonyl (C=O) groups is 1. The second-order valence-corrected chi connectivity index (χ2v) is 10.4. The molecule has 1 aliphatic heterocycles. The lowest BCUT2D eigenvalue weighted by Crippen LogP contribution is -2.46. The van der Waals surface area contributed by atoms with E-state index in [-0.39, 0.29) is 18.0 Å². The molecule has 0 spiro atoms. The highest BCUT2D eigenvalue weighted by atomic mass is 32.1. The summed E-state index contributed by atoms with van der Waals surface area (Å²) in [6.07, 6.45) is 2.37. The Labute approximate surface area is 197 Å². The molecule has 0 radical (unpaired) electrons. The number of likely N-dealkylation sites (N-methyl/N-ethyl adjacent to an activating group) is 1. The minimum absolute atomic E-state index is 0.00961. The van der Waals surface area contributed by atoms with Gasteiger partial charge in [0.05, 0.1) is 17.3 Å². The van der Waals surface area contributed by atoms with Crippen molar-refractivity contribution in [3.05, 3.63) is 46.1 Å². The van der Waals surface area contributed by atoms with Crippen LogP contribution in [0.25, 0.3) is 10.2 Å². The first-order valence-corrected chi connectivity index (χ1v) is 12.2. The summed E-state index contributed by atoms with van der Waals surface area (Å²) in [5, 5.41) is 17.8. The predicted molar refractivity (Wildman–Crippen MR) is 132 cm³/mol. The minimum atomic E-state index is -0.787.